The summed E-state index contributed by atoms with van der Waals surface area (Å²) in [6, 6.07) is 0.240. The number of carbonyl (C=O) groups excluding carboxylic acids is 2. The quantitative estimate of drug-likeness (QED) is 0.770. The Balaban J connectivity index is 1.70. The summed E-state index contributed by atoms with van der Waals surface area (Å²) in [6.45, 7) is 2.57. The van der Waals surface area contributed by atoms with Gasteiger partial charge in [-0.25, -0.2) is 0 Å². The van der Waals surface area contributed by atoms with Crippen molar-refractivity contribution in [2.24, 2.45) is 17.8 Å². The SMILES string of the molecule is CC(C1CC2CCC1C2)N1CC(=O)NCC1=O. The van der Waals surface area contributed by atoms with Crippen molar-refractivity contribution in [2.45, 2.75) is 38.6 Å². The number of rotatable bonds is 2. The maximum Gasteiger partial charge on any atom is 0.242 e. The molecule has 2 saturated carbocycles. The van der Waals surface area contributed by atoms with Crippen molar-refractivity contribution in [3.8, 4) is 0 Å². The van der Waals surface area contributed by atoms with E-state index >= 15 is 0 Å². The fourth-order valence-corrected chi connectivity index (χ4v) is 4.06. The van der Waals surface area contributed by atoms with Crippen LogP contribution >= 0.6 is 0 Å². The van der Waals surface area contributed by atoms with Crippen LogP contribution < -0.4 is 5.32 Å². The molecule has 4 atom stereocenters. The summed E-state index contributed by atoms with van der Waals surface area (Å²) in [5.41, 5.74) is 0. The number of hydrogen-bond donors (Lipinski definition) is 1. The van der Waals surface area contributed by atoms with Crippen LogP contribution in [0.15, 0.2) is 0 Å². The monoisotopic (exact) mass is 236 g/mol. The predicted molar refractivity (Wildman–Crippen MR) is 63.1 cm³/mol. The molecule has 1 N–H and O–H groups in total. The van der Waals surface area contributed by atoms with E-state index in [2.05, 4.69) is 12.2 Å². The number of hydrogen-bond acceptors (Lipinski definition) is 2. The smallest absolute Gasteiger partial charge is 0.242 e. The average Bonchev–Trinajstić information content (AvgIpc) is 2.93. The van der Waals surface area contributed by atoms with Gasteiger partial charge in [0, 0.05) is 6.04 Å². The Morgan fingerprint density at radius 3 is 2.76 bits per heavy atom. The van der Waals surface area contributed by atoms with E-state index in [0.717, 1.165) is 11.8 Å². The molecule has 2 bridgehead atoms. The van der Waals surface area contributed by atoms with Crippen molar-refractivity contribution >= 4 is 11.8 Å². The van der Waals surface area contributed by atoms with E-state index in [4.69, 9.17) is 0 Å². The molecule has 3 rings (SSSR count). The van der Waals surface area contributed by atoms with E-state index in [1.54, 1.807) is 4.90 Å². The minimum Gasteiger partial charge on any atom is -0.345 e. The molecule has 4 unspecified atom stereocenters. The second kappa shape index (κ2) is 4.00. The molecular weight excluding hydrogens is 216 g/mol. The fourth-order valence-electron chi connectivity index (χ4n) is 4.06. The van der Waals surface area contributed by atoms with Crippen molar-refractivity contribution in [3.63, 3.8) is 0 Å². The van der Waals surface area contributed by atoms with E-state index in [1.807, 2.05) is 0 Å². The Hall–Kier alpha value is -1.06. The second-order valence-corrected chi connectivity index (χ2v) is 5.88. The van der Waals surface area contributed by atoms with Gasteiger partial charge in [-0.15, -0.1) is 0 Å². The summed E-state index contributed by atoms with van der Waals surface area (Å²) < 4.78 is 0. The molecule has 4 heteroatoms. The topological polar surface area (TPSA) is 49.4 Å². The molecule has 2 aliphatic carbocycles. The lowest BCUT2D eigenvalue weighted by Gasteiger charge is -2.38. The Morgan fingerprint density at radius 2 is 2.12 bits per heavy atom. The zero-order valence-electron chi connectivity index (χ0n) is 10.3. The number of fused-ring (bicyclic) bond motifs is 2. The molecule has 3 aliphatic rings. The maximum absolute atomic E-state index is 11.9. The summed E-state index contributed by atoms with van der Waals surface area (Å²) in [5, 5.41) is 2.61. The average molecular weight is 236 g/mol. The van der Waals surface area contributed by atoms with Crippen LogP contribution in [0, 0.1) is 17.8 Å². The summed E-state index contributed by atoms with van der Waals surface area (Å²) in [7, 11) is 0. The van der Waals surface area contributed by atoms with Gasteiger partial charge in [-0.05, 0) is 43.9 Å². The number of carbonyl (C=O) groups is 2. The van der Waals surface area contributed by atoms with Crippen LogP contribution in [0.3, 0.4) is 0 Å². The minimum absolute atomic E-state index is 0.0143. The van der Waals surface area contributed by atoms with Crippen LogP contribution in [0.1, 0.15) is 32.6 Å². The third-order valence-electron chi connectivity index (χ3n) is 4.98. The highest BCUT2D eigenvalue weighted by Crippen LogP contribution is 2.50. The lowest BCUT2D eigenvalue weighted by Crippen LogP contribution is -2.56. The lowest BCUT2D eigenvalue weighted by molar-refractivity contribution is -0.144. The zero-order chi connectivity index (χ0) is 12.0. The first-order valence-corrected chi connectivity index (χ1v) is 6.71. The molecule has 17 heavy (non-hydrogen) atoms. The molecular formula is C13H20N2O2. The van der Waals surface area contributed by atoms with E-state index in [-0.39, 0.29) is 30.9 Å². The van der Waals surface area contributed by atoms with Crippen LogP contribution in [0.5, 0.6) is 0 Å². The van der Waals surface area contributed by atoms with E-state index in [0.29, 0.717) is 5.92 Å². The van der Waals surface area contributed by atoms with Crippen molar-refractivity contribution in [2.75, 3.05) is 13.1 Å². The number of piperazine rings is 1. The molecule has 1 saturated heterocycles. The summed E-state index contributed by atoms with van der Waals surface area (Å²) >= 11 is 0. The minimum atomic E-state index is -0.0143. The Bertz CT molecular complexity index is 355. The number of amides is 2. The van der Waals surface area contributed by atoms with Crippen LogP contribution in [-0.4, -0.2) is 35.8 Å². The number of nitrogens with zero attached hydrogens (tertiary/aromatic N) is 1. The normalized spacial score (nSPS) is 38.4. The second-order valence-electron chi connectivity index (χ2n) is 5.88. The Kier molecular flexibility index (Phi) is 2.60. The fraction of sp³-hybridized carbons (Fsp3) is 0.846. The van der Waals surface area contributed by atoms with Gasteiger partial charge in [0.2, 0.25) is 11.8 Å². The summed E-state index contributed by atoms with van der Waals surface area (Å²) in [5.74, 6) is 2.39. The molecule has 0 aromatic carbocycles. The Labute approximate surface area is 102 Å². The zero-order valence-corrected chi connectivity index (χ0v) is 10.3. The highest BCUT2D eigenvalue weighted by molar-refractivity contribution is 5.92. The lowest BCUT2D eigenvalue weighted by atomic mass is 9.83. The van der Waals surface area contributed by atoms with Crippen LogP contribution in [0.25, 0.3) is 0 Å². The molecule has 3 fully saturated rings. The van der Waals surface area contributed by atoms with E-state index < -0.39 is 0 Å². The molecule has 0 radical (unpaired) electrons. The highest BCUT2D eigenvalue weighted by atomic mass is 16.2. The third kappa shape index (κ3) is 1.83. The highest BCUT2D eigenvalue weighted by Gasteiger charge is 2.44. The van der Waals surface area contributed by atoms with Gasteiger partial charge in [-0.2, -0.15) is 0 Å². The van der Waals surface area contributed by atoms with Gasteiger partial charge in [0.1, 0.15) is 0 Å². The van der Waals surface area contributed by atoms with E-state index in [9.17, 15) is 9.59 Å². The molecule has 2 amide bonds. The first-order chi connectivity index (χ1) is 8.15. The first kappa shape index (κ1) is 11.1. The van der Waals surface area contributed by atoms with Gasteiger partial charge >= 0.3 is 0 Å². The van der Waals surface area contributed by atoms with Crippen LogP contribution in [0.2, 0.25) is 0 Å². The van der Waals surface area contributed by atoms with Gasteiger partial charge in [-0.1, -0.05) is 6.42 Å². The first-order valence-electron chi connectivity index (χ1n) is 6.71. The molecule has 4 nitrogen and oxygen atoms in total. The maximum atomic E-state index is 11.9. The van der Waals surface area contributed by atoms with Crippen molar-refractivity contribution in [1.82, 2.24) is 10.2 Å². The van der Waals surface area contributed by atoms with Crippen molar-refractivity contribution < 1.29 is 9.59 Å². The van der Waals surface area contributed by atoms with E-state index in [1.165, 1.54) is 25.7 Å². The number of nitrogens with one attached hydrogen (secondary N) is 1. The Morgan fingerprint density at radius 1 is 1.29 bits per heavy atom. The molecule has 1 aliphatic heterocycles. The largest absolute Gasteiger partial charge is 0.345 e. The van der Waals surface area contributed by atoms with Crippen molar-refractivity contribution in [3.05, 3.63) is 0 Å². The van der Waals surface area contributed by atoms with Crippen LogP contribution in [0.4, 0.5) is 0 Å². The molecule has 1 heterocycles. The summed E-state index contributed by atoms with van der Waals surface area (Å²) in [4.78, 5) is 25.0. The predicted octanol–water partition coefficient (Wildman–Crippen LogP) is 0.769. The molecule has 0 aromatic heterocycles. The van der Waals surface area contributed by atoms with Gasteiger partial charge < -0.3 is 10.2 Å². The van der Waals surface area contributed by atoms with Crippen molar-refractivity contribution in [1.29, 1.82) is 0 Å². The van der Waals surface area contributed by atoms with Gasteiger partial charge in [0.05, 0.1) is 13.1 Å². The van der Waals surface area contributed by atoms with Gasteiger partial charge in [0.25, 0.3) is 0 Å². The van der Waals surface area contributed by atoms with Gasteiger partial charge in [-0.3, -0.25) is 9.59 Å². The molecule has 0 aromatic rings. The van der Waals surface area contributed by atoms with Gasteiger partial charge in [0.15, 0.2) is 0 Å². The molecule has 94 valence electrons. The third-order valence-corrected chi connectivity index (χ3v) is 4.98. The van der Waals surface area contributed by atoms with Crippen LogP contribution in [-0.2, 0) is 9.59 Å². The summed E-state index contributed by atoms with van der Waals surface area (Å²) in [6.07, 6.45) is 5.32. The molecule has 0 spiro atoms. The standard InChI is InChI=1S/C13H20N2O2/c1-8(11-5-9-2-3-10(11)4-9)15-7-12(16)14-6-13(15)17/h8-11H,2-7H2,1H3,(H,14,16).